The molecule has 0 saturated heterocycles. The molecule has 0 aliphatic rings. The topological polar surface area (TPSA) is 126 Å². The first-order valence-corrected chi connectivity index (χ1v) is 4.96. The summed E-state index contributed by atoms with van der Waals surface area (Å²) >= 11 is 0. The highest BCUT2D eigenvalue weighted by Crippen LogP contribution is 2.07. The molecule has 0 aliphatic heterocycles. The van der Waals surface area contributed by atoms with E-state index in [0.717, 1.165) is 0 Å². The summed E-state index contributed by atoms with van der Waals surface area (Å²) < 4.78 is 5.04. The van der Waals surface area contributed by atoms with E-state index >= 15 is 0 Å². The largest absolute Gasteiger partial charge is 0.480 e. The monoisotopic (exact) mass is 242 g/mol. The van der Waals surface area contributed by atoms with Gasteiger partial charge in [-0.15, -0.1) is 0 Å². The number of nitrogens with two attached hydrogens (primary N) is 1. The Morgan fingerprint density at radius 2 is 2.18 bits per heavy atom. The summed E-state index contributed by atoms with van der Waals surface area (Å²) in [5.74, 6) is -1.66. The zero-order valence-corrected chi connectivity index (χ0v) is 9.21. The number of aliphatic carboxylic acids is 1. The third-order valence-corrected chi connectivity index (χ3v) is 2.12. The van der Waals surface area contributed by atoms with Crippen LogP contribution in [0.1, 0.15) is 23.2 Å². The van der Waals surface area contributed by atoms with Crippen LogP contribution in [0.4, 0.5) is 0 Å². The van der Waals surface area contributed by atoms with Crippen LogP contribution in [0.15, 0.2) is 16.5 Å². The van der Waals surface area contributed by atoms with Crippen molar-refractivity contribution in [2.75, 3.05) is 0 Å². The van der Waals surface area contributed by atoms with E-state index in [9.17, 15) is 14.7 Å². The van der Waals surface area contributed by atoms with E-state index < -0.39 is 24.0 Å². The Morgan fingerprint density at radius 1 is 1.53 bits per heavy atom. The Bertz CT molecular complexity index is 413. The van der Waals surface area contributed by atoms with Crippen molar-refractivity contribution in [2.24, 2.45) is 5.73 Å². The zero-order chi connectivity index (χ0) is 13.0. The van der Waals surface area contributed by atoms with Gasteiger partial charge in [-0.3, -0.25) is 4.79 Å². The smallest absolute Gasteiger partial charge is 0.328 e. The summed E-state index contributed by atoms with van der Waals surface area (Å²) in [7, 11) is 0. The molecule has 0 spiro atoms. The summed E-state index contributed by atoms with van der Waals surface area (Å²) in [6.07, 6.45) is -1.21. The Balaban J connectivity index is 2.73. The average Bonchev–Trinajstić information content (AvgIpc) is 2.73. The second kappa shape index (κ2) is 5.46. The average molecular weight is 242 g/mol. The zero-order valence-electron chi connectivity index (χ0n) is 9.21. The molecule has 1 aromatic heterocycles. The number of carbonyl (C=O) groups excluding carboxylic acids is 1. The van der Waals surface area contributed by atoms with Crippen molar-refractivity contribution in [2.45, 2.75) is 25.6 Å². The van der Waals surface area contributed by atoms with Crippen molar-refractivity contribution in [1.82, 2.24) is 5.32 Å². The van der Waals surface area contributed by atoms with Gasteiger partial charge >= 0.3 is 5.97 Å². The van der Waals surface area contributed by atoms with E-state index in [0.29, 0.717) is 5.76 Å². The van der Waals surface area contributed by atoms with Crippen LogP contribution in [0.25, 0.3) is 0 Å². The summed E-state index contributed by atoms with van der Waals surface area (Å²) in [5, 5.41) is 20.1. The van der Waals surface area contributed by atoms with Crippen LogP contribution in [0, 0.1) is 0 Å². The number of hydrogen-bond acceptors (Lipinski definition) is 5. The number of carboxylic acids is 1. The summed E-state index contributed by atoms with van der Waals surface area (Å²) in [6.45, 7) is 1.42. The predicted molar refractivity (Wildman–Crippen MR) is 57.2 cm³/mol. The SMILES string of the molecule is C[C@@H](O)[C@H](NC(=O)c1ccc(CN)o1)C(=O)O. The molecule has 0 bridgehead atoms. The third kappa shape index (κ3) is 3.30. The van der Waals surface area contributed by atoms with E-state index in [-0.39, 0.29) is 12.3 Å². The number of carbonyl (C=O) groups is 2. The van der Waals surface area contributed by atoms with E-state index in [1.807, 2.05) is 0 Å². The first kappa shape index (κ1) is 13.2. The van der Waals surface area contributed by atoms with E-state index in [1.54, 1.807) is 0 Å². The molecular formula is C10H14N2O5. The van der Waals surface area contributed by atoms with Gasteiger partial charge in [0.2, 0.25) is 0 Å². The van der Waals surface area contributed by atoms with Crippen molar-refractivity contribution in [1.29, 1.82) is 0 Å². The number of aliphatic hydroxyl groups excluding tert-OH is 1. The minimum Gasteiger partial charge on any atom is -0.480 e. The lowest BCUT2D eigenvalue weighted by atomic mass is 10.2. The summed E-state index contributed by atoms with van der Waals surface area (Å²) in [4.78, 5) is 22.3. The molecule has 0 unspecified atom stereocenters. The number of carboxylic acid groups (broad SMARTS) is 1. The highest BCUT2D eigenvalue weighted by molar-refractivity contribution is 5.94. The number of amides is 1. The lowest BCUT2D eigenvalue weighted by Gasteiger charge is -2.15. The molecule has 7 nitrogen and oxygen atoms in total. The van der Waals surface area contributed by atoms with Crippen LogP contribution < -0.4 is 11.1 Å². The molecule has 0 radical (unpaired) electrons. The van der Waals surface area contributed by atoms with Crippen molar-refractivity contribution < 1.29 is 24.2 Å². The van der Waals surface area contributed by atoms with Gasteiger partial charge in [-0.1, -0.05) is 0 Å². The Labute approximate surface area is 97.2 Å². The van der Waals surface area contributed by atoms with Gasteiger partial charge in [-0.2, -0.15) is 0 Å². The second-order valence-corrected chi connectivity index (χ2v) is 3.50. The quantitative estimate of drug-likeness (QED) is 0.541. The maximum absolute atomic E-state index is 11.6. The third-order valence-electron chi connectivity index (χ3n) is 2.12. The maximum atomic E-state index is 11.6. The standard InChI is InChI=1S/C10H14N2O5/c1-5(13)8(10(15)16)12-9(14)7-3-2-6(4-11)17-7/h2-3,5,8,13H,4,11H2,1H3,(H,12,14)(H,15,16)/t5-,8+/m1/s1. The van der Waals surface area contributed by atoms with Crippen LogP contribution in [0.3, 0.4) is 0 Å². The molecule has 0 aromatic carbocycles. The minimum absolute atomic E-state index is 0.0441. The van der Waals surface area contributed by atoms with Crippen molar-refractivity contribution >= 4 is 11.9 Å². The number of rotatable bonds is 5. The molecule has 1 rings (SSSR count). The summed E-state index contributed by atoms with van der Waals surface area (Å²) in [5.41, 5.74) is 5.30. The molecule has 2 atom stereocenters. The van der Waals surface area contributed by atoms with Gasteiger partial charge < -0.3 is 25.7 Å². The van der Waals surface area contributed by atoms with Gasteiger partial charge in [-0.05, 0) is 19.1 Å². The molecule has 94 valence electrons. The lowest BCUT2D eigenvalue weighted by Crippen LogP contribution is -2.47. The molecule has 1 heterocycles. The minimum atomic E-state index is -1.38. The second-order valence-electron chi connectivity index (χ2n) is 3.50. The lowest BCUT2D eigenvalue weighted by molar-refractivity contribution is -0.141. The van der Waals surface area contributed by atoms with Crippen LogP contribution in [0.2, 0.25) is 0 Å². The highest BCUT2D eigenvalue weighted by atomic mass is 16.4. The maximum Gasteiger partial charge on any atom is 0.328 e. The fraction of sp³-hybridized carbons (Fsp3) is 0.400. The van der Waals surface area contributed by atoms with Crippen LogP contribution >= 0.6 is 0 Å². The van der Waals surface area contributed by atoms with Crippen molar-refractivity contribution in [3.8, 4) is 0 Å². The van der Waals surface area contributed by atoms with E-state index in [1.165, 1.54) is 19.1 Å². The molecule has 0 fully saturated rings. The van der Waals surface area contributed by atoms with Gasteiger partial charge in [0.15, 0.2) is 11.8 Å². The molecule has 17 heavy (non-hydrogen) atoms. The van der Waals surface area contributed by atoms with Gasteiger partial charge in [0, 0.05) is 0 Å². The molecule has 7 heteroatoms. The van der Waals surface area contributed by atoms with Gasteiger partial charge in [0.1, 0.15) is 5.76 Å². The van der Waals surface area contributed by atoms with Gasteiger partial charge in [0.05, 0.1) is 12.6 Å². The predicted octanol–water partition coefficient (Wildman–Crippen LogP) is -0.698. The Kier molecular flexibility index (Phi) is 4.24. The van der Waals surface area contributed by atoms with Crippen molar-refractivity contribution in [3.63, 3.8) is 0 Å². The number of furan rings is 1. The molecule has 5 N–H and O–H groups in total. The highest BCUT2D eigenvalue weighted by Gasteiger charge is 2.26. The fourth-order valence-corrected chi connectivity index (χ4v) is 1.21. The molecule has 0 aliphatic carbocycles. The first-order chi connectivity index (χ1) is 7.95. The Hall–Kier alpha value is -1.86. The van der Waals surface area contributed by atoms with E-state index in [2.05, 4.69) is 5.32 Å². The Morgan fingerprint density at radius 3 is 2.59 bits per heavy atom. The number of aliphatic hydroxyl groups is 1. The van der Waals surface area contributed by atoms with Gasteiger partial charge in [-0.25, -0.2) is 4.79 Å². The fourth-order valence-electron chi connectivity index (χ4n) is 1.21. The van der Waals surface area contributed by atoms with Crippen LogP contribution in [-0.4, -0.2) is 34.2 Å². The van der Waals surface area contributed by atoms with E-state index in [4.69, 9.17) is 15.3 Å². The molecule has 1 amide bonds. The molecular weight excluding hydrogens is 228 g/mol. The van der Waals surface area contributed by atoms with Crippen molar-refractivity contribution in [3.05, 3.63) is 23.7 Å². The number of nitrogens with one attached hydrogen (secondary N) is 1. The first-order valence-electron chi connectivity index (χ1n) is 4.96. The molecule has 1 aromatic rings. The van der Waals surface area contributed by atoms with Gasteiger partial charge in [0.25, 0.3) is 5.91 Å². The summed E-state index contributed by atoms with van der Waals surface area (Å²) in [6, 6.07) is 1.53. The van der Waals surface area contributed by atoms with Crippen LogP contribution in [-0.2, 0) is 11.3 Å². The molecule has 0 saturated carbocycles. The number of hydrogen-bond donors (Lipinski definition) is 4. The van der Waals surface area contributed by atoms with Crippen LogP contribution in [0.5, 0.6) is 0 Å². The normalized spacial score (nSPS) is 14.1.